The van der Waals surface area contributed by atoms with Crippen LogP contribution in [0.3, 0.4) is 0 Å². The van der Waals surface area contributed by atoms with Crippen molar-refractivity contribution in [1.29, 1.82) is 0 Å². The summed E-state index contributed by atoms with van der Waals surface area (Å²) in [6.45, 7) is 0. The zero-order chi connectivity index (χ0) is 15.6. The van der Waals surface area contributed by atoms with Crippen LogP contribution >= 0.6 is 43.5 Å². The Hall–Kier alpha value is -1.37. The number of carboxylic acids is 1. The Morgan fingerprint density at radius 2 is 1.76 bits per heavy atom. The number of nitrogens with one attached hydrogen (secondary N) is 1. The maximum Gasteiger partial charge on any atom is 0.337 e. The SMILES string of the molecule is O=C(Nc1cc(Cl)ccc1C(=O)O)c1cc(Br)ccc1Br. The molecule has 0 bridgehead atoms. The van der Waals surface area contributed by atoms with Crippen molar-refractivity contribution in [3.05, 3.63) is 61.5 Å². The number of carboxylic acid groups (broad SMARTS) is 1. The number of hydrogen-bond donors (Lipinski definition) is 2. The van der Waals surface area contributed by atoms with Gasteiger partial charge in [0.1, 0.15) is 0 Å². The van der Waals surface area contributed by atoms with E-state index in [1.807, 2.05) is 0 Å². The molecule has 1 amide bonds. The van der Waals surface area contributed by atoms with Crippen LogP contribution in [0.4, 0.5) is 5.69 Å². The average molecular weight is 433 g/mol. The molecule has 0 fully saturated rings. The monoisotopic (exact) mass is 431 g/mol. The first-order chi connectivity index (χ1) is 9.88. The third kappa shape index (κ3) is 3.84. The molecule has 0 radical (unpaired) electrons. The third-order valence-corrected chi connectivity index (χ3v) is 4.05. The van der Waals surface area contributed by atoms with Crippen LogP contribution in [0.5, 0.6) is 0 Å². The molecule has 21 heavy (non-hydrogen) atoms. The number of benzene rings is 2. The van der Waals surface area contributed by atoms with Gasteiger partial charge >= 0.3 is 5.97 Å². The molecule has 2 aromatic rings. The van der Waals surface area contributed by atoms with E-state index in [-0.39, 0.29) is 11.3 Å². The van der Waals surface area contributed by atoms with Gasteiger partial charge in [0.25, 0.3) is 5.91 Å². The lowest BCUT2D eigenvalue weighted by Crippen LogP contribution is -2.15. The Bertz CT molecular complexity index is 734. The van der Waals surface area contributed by atoms with Crippen molar-refractivity contribution in [2.45, 2.75) is 0 Å². The van der Waals surface area contributed by atoms with Crippen LogP contribution in [0.25, 0.3) is 0 Å². The van der Waals surface area contributed by atoms with E-state index < -0.39 is 11.9 Å². The molecule has 2 rings (SSSR count). The molecule has 0 atom stereocenters. The molecule has 0 aliphatic carbocycles. The van der Waals surface area contributed by atoms with E-state index in [4.69, 9.17) is 16.7 Å². The van der Waals surface area contributed by atoms with E-state index in [2.05, 4.69) is 37.2 Å². The Morgan fingerprint density at radius 1 is 1.05 bits per heavy atom. The number of carbonyl (C=O) groups excluding carboxylic acids is 1. The predicted molar refractivity (Wildman–Crippen MR) is 88.2 cm³/mol. The molecular formula is C14H8Br2ClNO3. The van der Waals surface area contributed by atoms with Gasteiger partial charge in [0.05, 0.1) is 16.8 Å². The molecule has 0 heterocycles. The Morgan fingerprint density at radius 3 is 2.43 bits per heavy atom. The highest BCUT2D eigenvalue weighted by Crippen LogP contribution is 2.25. The summed E-state index contributed by atoms with van der Waals surface area (Å²) >= 11 is 12.4. The quantitative estimate of drug-likeness (QED) is 0.730. The topological polar surface area (TPSA) is 66.4 Å². The van der Waals surface area contributed by atoms with Gasteiger partial charge in [-0.25, -0.2) is 4.79 Å². The van der Waals surface area contributed by atoms with Gasteiger partial charge in [-0.05, 0) is 52.3 Å². The van der Waals surface area contributed by atoms with Crippen LogP contribution in [0.2, 0.25) is 5.02 Å². The molecule has 2 aromatic carbocycles. The summed E-state index contributed by atoms with van der Waals surface area (Å²) < 4.78 is 1.34. The van der Waals surface area contributed by atoms with Gasteiger partial charge in [0.15, 0.2) is 0 Å². The first kappa shape index (κ1) is 16.0. The van der Waals surface area contributed by atoms with E-state index in [1.165, 1.54) is 18.2 Å². The van der Waals surface area contributed by atoms with Crippen molar-refractivity contribution in [2.24, 2.45) is 0 Å². The largest absolute Gasteiger partial charge is 0.478 e. The van der Waals surface area contributed by atoms with Gasteiger partial charge < -0.3 is 10.4 Å². The Kier molecular flexibility index (Phi) is 5.03. The van der Waals surface area contributed by atoms with E-state index in [0.717, 1.165) is 4.47 Å². The van der Waals surface area contributed by atoms with Crippen LogP contribution in [-0.2, 0) is 0 Å². The van der Waals surface area contributed by atoms with Crippen molar-refractivity contribution >= 4 is 61.0 Å². The normalized spacial score (nSPS) is 10.2. The summed E-state index contributed by atoms with van der Waals surface area (Å²) in [5.74, 6) is -1.58. The van der Waals surface area contributed by atoms with Gasteiger partial charge in [-0.3, -0.25) is 4.79 Å². The van der Waals surface area contributed by atoms with Crippen LogP contribution in [-0.4, -0.2) is 17.0 Å². The van der Waals surface area contributed by atoms with Gasteiger partial charge in [0.2, 0.25) is 0 Å². The van der Waals surface area contributed by atoms with Gasteiger partial charge in [-0.2, -0.15) is 0 Å². The highest BCUT2D eigenvalue weighted by Gasteiger charge is 2.16. The Labute approximate surface area is 142 Å². The highest BCUT2D eigenvalue weighted by atomic mass is 79.9. The molecule has 0 unspecified atom stereocenters. The number of halogens is 3. The molecule has 0 aliphatic rings. The van der Waals surface area contributed by atoms with Crippen LogP contribution in [0.15, 0.2) is 45.3 Å². The van der Waals surface area contributed by atoms with Crippen molar-refractivity contribution in [1.82, 2.24) is 0 Å². The zero-order valence-corrected chi connectivity index (χ0v) is 14.3. The number of carbonyl (C=O) groups is 2. The standard InChI is InChI=1S/C14H8Br2ClNO3/c15-7-1-4-11(16)10(5-7)13(19)18-12-6-8(17)2-3-9(12)14(20)21/h1-6H,(H,18,19)(H,20,21). The lowest BCUT2D eigenvalue weighted by Gasteiger charge is -2.10. The third-order valence-electron chi connectivity index (χ3n) is 2.63. The van der Waals surface area contributed by atoms with Crippen molar-refractivity contribution in [3.8, 4) is 0 Å². The molecule has 0 saturated heterocycles. The average Bonchev–Trinajstić information content (AvgIpc) is 2.41. The maximum atomic E-state index is 12.3. The molecule has 7 heteroatoms. The Balaban J connectivity index is 2.38. The smallest absolute Gasteiger partial charge is 0.337 e. The van der Waals surface area contributed by atoms with Gasteiger partial charge in [0, 0.05) is 14.0 Å². The minimum absolute atomic E-state index is 0.0288. The van der Waals surface area contributed by atoms with Crippen molar-refractivity contribution in [2.75, 3.05) is 5.32 Å². The van der Waals surface area contributed by atoms with Gasteiger partial charge in [-0.15, -0.1) is 0 Å². The molecule has 0 spiro atoms. The second-order valence-electron chi connectivity index (χ2n) is 4.07. The second kappa shape index (κ2) is 6.60. The van der Waals surface area contributed by atoms with Crippen LogP contribution < -0.4 is 5.32 Å². The summed E-state index contributed by atoms with van der Waals surface area (Å²) in [4.78, 5) is 23.4. The van der Waals surface area contributed by atoms with Crippen molar-refractivity contribution in [3.63, 3.8) is 0 Å². The molecular weight excluding hydrogens is 425 g/mol. The van der Waals surface area contributed by atoms with Crippen molar-refractivity contribution < 1.29 is 14.7 Å². The molecule has 0 aliphatic heterocycles. The molecule has 2 N–H and O–H groups in total. The second-order valence-corrected chi connectivity index (χ2v) is 6.28. The first-order valence-corrected chi connectivity index (χ1v) is 7.64. The number of aromatic carboxylic acids is 1. The number of rotatable bonds is 3. The fourth-order valence-corrected chi connectivity index (χ4v) is 2.63. The fraction of sp³-hybridized carbons (Fsp3) is 0. The van der Waals surface area contributed by atoms with E-state index in [1.54, 1.807) is 18.2 Å². The lowest BCUT2D eigenvalue weighted by atomic mass is 10.1. The van der Waals surface area contributed by atoms with E-state index >= 15 is 0 Å². The minimum Gasteiger partial charge on any atom is -0.478 e. The minimum atomic E-state index is -1.14. The molecule has 108 valence electrons. The number of hydrogen-bond acceptors (Lipinski definition) is 2. The summed E-state index contributed by atoms with van der Waals surface area (Å²) in [7, 11) is 0. The zero-order valence-electron chi connectivity index (χ0n) is 10.4. The summed E-state index contributed by atoms with van der Waals surface area (Å²) in [6, 6.07) is 9.32. The summed E-state index contributed by atoms with van der Waals surface area (Å²) in [6.07, 6.45) is 0. The maximum absolute atomic E-state index is 12.3. The summed E-state index contributed by atoms with van der Waals surface area (Å²) in [5.41, 5.74) is 0.492. The molecule has 4 nitrogen and oxygen atoms in total. The first-order valence-electron chi connectivity index (χ1n) is 5.67. The van der Waals surface area contributed by atoms with E-state index in [0.29, 0.717) is 15.1 Å². The van der Waals surface area contributed by atoms with Crippen LogP contribution in [0.1, 0.15) is 20.7 Å². The highest BCUT2D eigenvalue weighted by molar-refractivity contribution is 9.11. The summed E-state index contributed by atoms with van der Waals surface area (Å²) in [5, 5.41) is 12.0. The molecule has 0 aromatic heterocycles. The van der Waals surface area contributed by atoms with E-state index in [9.17, 15) is 9.59 Å². The van der Waals surface area contributed by atoms with Gasteiger partial charge in [-0.1, -0.05) is 27.5 Å². The number of anilines is 1. The fourth-order valence-electron chi connectivity index (χ4n) is 1.67. The lowest BCUT2D eigenvalue weighted by molar-refractivity contribution is 0.0698. The molecule has 0 saturated carbocycles. The number of amides is 1. The van der Waals surface area contributed by atoms with Crippen LogP contribution in [0, 0.1) is 0 Å². The predicted octanol–water partition coefficient (Wildman–Crippen LogP) is 4.82.